The van der Waals surface area contributed by atoms with Gasteiger partial charge in [-0.05, 0) is 36.4 Å². The predicted molar refractivity (Wildman–Crippen MR) is 73.3 cm³/mol. The second-order valence-corrected chi connectivity index (χ2v) is 6.08. The maximum Gasteiger partial charge on any atom is 0.262 e. The Morgan fingerprint density at radius 2 is 1.81 bits per heavy atom. The average Bonchev–Trinajstić information content (AvgIpc) is 2.44. The van der Waals surface area contributed by atoms with Crippen LogP contribution >= 0.6 is 11.6 Å². The van der Waals surface area contributed by atoms with Crippen molar-refractivity contribution >= 4 is 27.3 Å². The van der Waals surface area contributed by atoms with E-state index in [2.05, 4.69) is 4.72 Å². The van der Waals surface area contributed by atoms with E-state index in [0.29, 0.717) is 12.1 Å². The molecule has 0 atom stereocenters. The van der Waals surface area contributed by atoms with E-state index in [1.165, 1.54) is 18.2 Å². The number of anilines is 1. The van der Waals surface area contributed by atoms with E-state index in [-0.39, 0.29) is 16.3 Å². The van der Waals surface area contributed by atoms with Crippen molar-refractivity contribution in [3.8, 4) is 6.07 Å². The van der Waals surface area contributed by atoms with E-state index >= 15 is 0 Å². The van der Waals surface area contributed by atoms with Crippen molar-refractivity contribution in [2.24, 2.45) is 0 Å². The normalized spacial score (nSPS) is 11.0. The third kappa shape index (κ3) is 3.29. The van der Waals surface area contributed by atoms with Gasteiger partial charge in [0, 0.05) is 0 Å². The molecule has 0 unspecified atom stereocenters. The fourth-order valence-electron chi connectivity index (χ4n) is 1.52. The van der Waals surface area contributed by atoms with Gasteiger partial charge in [-0.15, -0.1) is 0 Å². The van der Waals surface area contributed by atoms with Gasteiger partial charge in [0.1, 0.15) is 0 Å². The predicted octanol–water partition coefficient (Wildman–Crippen LogP) is 3.29. The monoisotopic (exact) mass is 328 g/mol. The molecule has 0 bridgehead atoms. The van der Waals surface area contributed by atoms with Crippen LogP contribution in [-0.4, -0.2) is 8.42 Å². The molecule has 0 amide bonds. The summed E-state index contributed by atoms with van der Waals surface area (Å²) in [6, 6.07) is 8.01. The molecule has 0 saturated carbocycles. The van der Waals surface area contributed by atoms with Crippen molar-refractivity contribution < 1.29 is 17.2 Å². The van der Waals surface area contributed by atoms with Crippen LogP contribution in [0, 0.1) is 23.0 Å². The molecule has 0 fully saturated rings. The van der Waals surface area contributed by atoms with Gasteiger partial charge < -0.3 is 0 Å². The maximum absolute atomic E-state index is 13.1. The zero-order valence-electron chi connectivity index (χ0n) is 10.3. The molecule has 2 aromatic rings. The molecule has 0 aromatic heterocycles. The first kappa shape index (κ1) is 15.2. The number of nitriles is 1. The molecule has 1 N–H and O–H groups in total. The fraction of sp³-hybridized carbons (Fsp3) is 0. The van der Waals surface area contributed by atoms with E-state index in [1.807, 2.05) is 6.07 Å². The number of nitrogens with zero attached hydrogens (tertiary/aromatic N) is 1. The average molecular weight is 329 g/mol. The summed E-state index contributed by atoms with van der Waals surface area (Å²) >= 11 is 5.83. The van der Waals surface area contributed by atoms with E-state index in [4.69, 9.17) is 16.9 Å². The molecule has 4 nitrogen and oxygen atoms in total. The molecule has 0 spiro atoms. The number of hydrogen-bond donors (Lipinski definition) is 1. The quantitative estimate of drug-likeness (QED) is 0.939. The van der Waals surface area contributed by atoms with Gasteiger partial charge in [-0.25, -0.2) is 17.2 Å². The lowest BCUT2D eigenvalue weighted by Crippen LogP contribution is -2.14. The van der Waals surface area contributed by atoms with Crippen LogP contribution in [0.15, 0.2) is 41.3 Å². The van der Waals surface area contributed by atoms with Crippen molar-refractivity contribution in [1.82, 2.24) is 0 Å². The molecule has 0 aliphatic rings. The highest BCUT2D eigenvalue weighted by molar-refractivity contribution is 7.92. The summed E-state index contributed by atoms with van der Waals surface area (Å²) in [6.07, 6.45) is 0. The Balaban J connectivity index is 2.42. The van der Waals surface area contributed by atoms with E-state index in [9.17, 15) is 17.2 Å². The van der Waals surface area contributed by atoms with Gasteiger partial charge in [0.25, 0.3) is 10.0 Å². The van der Waals surface area contributed by atoms with Gasteiger partial charge in [0.05, 0.1) is 27.2 Å². The molecule has 21 heavy (non-hydrogen) atoms. The second-order valence-electron chi connectivity index (χ2n) is 3.99. The number of halogens is 3. The topological polar surface area (TPSA) is 70.0 Å². The molecule has 0 heterocycles. The Morgan fingerprint density at radius 3 is 2.43 bits per heavy atom. The summed E-state index contributed by atoms with van der Waals surface area (Å²) in [6.45, 7) is 0. The molecule has 8 heteroatoms. The lowest BCUT2D eigenvalue weighted by atomic mass is 10.2. The smallest absolute Gasteiger partial charge is 0.262 e. The SMILES string of the molecule is N#Cc1ccc(Cl)c(NS(=O)(=O)c2ccc(F)c(F)c2)c1. The van der Waals surface area contributed by atoms with Gasteiger partial charge in [0.15, 0.2) is 11.6 Å². The van der Waals surface area contributed by atoms with Crippen molar-refractivity contribution in [1.29, 1.82) is 5.26 Å². The summed E-state index contributed by atoms with van der Waals surface area (Å²) in [5.41, 5.74) is 0.169. The van der Waals surface area contributed by atoms with Crippen LogP contribution in [0.3, 0.4) is 0 Å². The molecule has 2 rings (SSSR count). The molecule has 0 radical (unpaired) electrons. The summed E-state index contributed by atoms with van der Waals surface area (Å²) in [5.74, 6) is -2.44. The number of nitrogens with one attached hydrogen (secondary N) is 1. The van der Waals surface area contributed by atoms with E-state index < -0.39 is 26.6 Å². The minimum atomic E-state index is -4.15. The Labute approximate surface area is 124 Å². The molecule has 0 aliphatic carbocycles. The van der Waals surface area contributed by atoms with Crippen LogP contribution in [0.1, 0.15) is 5.56 Å². The Kier molecular flexibility index (Phi) is 4.11. The first-order chi connectivity index (χ1) is 9.83. The first-order valence-corrected chi connectivity index (χ1v) is 7.37. The number of benzene rings is 2. The van der Waals surface area contributed by atoms with Crippen LogP contribution in [-0.2, 0) is 10.0 Å². The largest absolute Gasteiger partial charge is 0.278 e. The van der Waals surface area contributed by atoms with Crippen LogP contribution < -0.4 is 4.72 Å². The van der Waals surface area contributed by atoms with Crippen LogP contribution in [0.2, 0.25) is 5.02 Å². The summed E-state index contributed by atoms with van der Waals surface area (Å²) in [5, 5.41) is 8.84. The first-order valence-electron chi connectivity index (χ1n) is 5.51. The van der Waals surface area contributed by atoms with Gasteiger partial charge in [-0.1, -0.05) is 11.6 Å². The standard InChI is InChI=1S/C13H7ClF2N2O2S/c14-10-3-1-8(7-17)5-13(10)18-21(19,20)9-2-4-11(15)12(16)6-9/h1-6,18H. The molecule has 0 aliphatic heterocycles. The molecular weight excluding hydrogens is 322 g/mol. The van der Waals surface area contributed by atoms with E-state index in [1.54, 1.807) is 0 Å². The third-order valence-electron chi connectivity index (χ3n) is 2.54. The molecule has 0 saturated heterocycles. The number of hydrogen-bond acceptors (Lipinski definition) is 3. The van der Waals surface area contributed by atoms with E-state index in [0.717, 1.165) is 6.07 Å². The maximum atomic E-state index is 13.1. The van der Waals surface area contributed by atoms with Gasteiger partial charge in [0.2, 0.25) is 0 Å². The van der Waals surface area contributed by atoms with Gasteiger partial charge in [-0.3, -0.25) is 4.72 Å². The highest BCUT2D eigenvalue weighted by atomic mass is 35.5. The second kappa shape index (κ2) is 5.68. The number of rotatable bonds is 3. The Morgan fingerprint density at radius 1 is 1.10 bits per heavy atom. The van der Waals surface area contributed by atoms with Crippen LogP contribution in [0.4, 0.5) is 14.5 Å². The van der Waals surface area contributed by atoms with Crippen LogP contribution in [0.5, 0.6) is 0 Å². The summed E-state index contributed by atoms with van der Waals surface area (Å²) in [4.78, 5) is -0.458. The Bertz CT molecular complexity index is 848. The summed E-state index contributed by atoms with van der Waals surface area (Å²) < 4.78 is 52.2. The number of sulfonamides is 1. The lowest BCUT2D eigenvalue weighted by molar-refractivity contribution is 0.504. The molecule has 2 aromatic carbocycles. The Hall–Kier alpha value is -2.17. The van der Waals surface area contributed by atoms with Crippen molar-refractivity contribution in [3.05, 3.63) is 58.6 Å². The zero-order valence-corrected chi connectivity index (χ0v) is 11.8. The van der Waals surface area contributed by atoms with Crippen molar-refractivity contribution in [2.75, 3.05) is 4.72 Å². The van der Waals surface area contributed by atoms with Crippen LogP contribution in [0.25, 0.3) is 0 Å². The van der Waals surface area contributed by atoms with Gasteiger partial charge >= 0.3 is 0 Å². The zero-order chi connectivity index (χ0) is 15.6. The molecule has 108 valence electrons. The van der Waals surface area contributed by atoms with Crippen molar-refractivity contribution in [3.63, 3.8) is 0 Å². The minimum Gasteiger partial charge on any atom is -0.278 e. The highest BCUT2D eigenvalue weighted by Gasteiger charge is 2.18. The summed E-state index contributed by atoms with van der Waals surface area (Å²) in [7, 11) is -4.15. The lowest BCUT2D eigenvalue weighted by Gasteiger charge is -2.10. The highest BCUT2D eigenvalue weighted by Crippen LogP contribution is 2.26. The van der Waals surface area contributed by atoms with Crippen molar-refractivity contribution in [2.45, 2.75) is 4.90 Å². The molecular formula is C13H7ClF2N2O2S. The van der Waals surface area contributed by atoms with Gasteiger partial charge in [-0.2, -0.15) is 5.26 Å². The minimum absolute atomic E-state index is 0.0274. The third-order valence-corrected chi connectivity index (χ3v) is 4.23. The fourth-order valence-corrected chi connectivity index (χ4v) is 2.82.